The average molecular weight is 370 g/mol. The molecule has 8 heteroatoms. The SMILES string of the molecule is COCOc1cc2c(c(CO[Si](C)(C)C(C)(C)C)c1C(=O)O)OCO2. The van der Waals surface area contributed by atoms with Gasteiger partial charge in [0.15, 0.2) is 26.6 Å². The van der Waals surface area contributed by atoms with Gasteiger partial charge in [-0.25, -0.2) is 4.79 Å². The van der Waals surface area contributed by atoms with Gasteiger partial charge in [0.1, 0.15) is 11.3 Å². The second kappa shape index (κ2) is 7.23. The Hall–Kier alpha value is -1.77. The highest BCUT2D eigenvalue weighted by Gasteiger charge is 2.38. The van der Waals surface area contributed by atoms with Gasteiger partial charge in [-0.2, -0.15) is 0 Å². The van der Waals surface area contributed by atoms with Gasteiger partial charge in [-0.3, -0.25) is 0 Å². The molecule has 1 aliphatic heterocycles. The van der Waals surface area contributed by atoms with E-state index < -0.39 is 14.3 Å². The predicted octanol–water partition coefficient (Wildman–Crippen LogP) is 3.62. The molecule has 0 fully saturated rings. The Kier molecular flexibility index (Phi) is 5.65. The maximum atomic E-state index is 11.9. The highest BCUT2D eigenvalue weighted by molar-refractivity contribution is 6.74. The summed E-state index contributed by atoms with van der Waals surface area (Å²) in [6.45, 7) is 10.7. The largest absolute Gasteiger partial charge is 0.478 e. The van der Waals surface area contributed by atoms with Gasteiger partial charge in [-0.05, 0) is 18.1 Å². The molecule has 0 spiro atoms. The van der Waals surface area contributed by atoms with Crippen molar-refractivity contribution in [3.05, 3.63) is 17.2 Å². The minimum absolute atomic E-state index is 0.00107. The molecule has 0 saturated heterocycles. The monoisotopic (exact) mass is 370 g/mol. The molecule has 0 saturated carbocycles. The van der Waals surface area contributed by atoms with Crippen LogP contribution in [0, 0.1) is 0 Å². The zero-order valence-electron chi connectivity index (χ0n) is 15.6. The molecule has 0 bridgehead atoms. The molecule has 0 aromatic heterocycles. The molecular weight excluding hydrogens is 344 g/mol. The van der Waals surface area contributed by atoms with Crippen LogP contribution in [0.15, 0.2) is 6.07 Å². The van der Waals surface area contributed by atoms with Crippen molar-refractivity contribution in [2.45, 2.75) is 45.5 Å². The molecule has 0 aliphatic carbocycles. The summed E-state index contributed by atoms with van der Waals surface area (Å²) in [5, 5.41) is 9.71. The molecule has 1 N–H and O–H groups in total. The zero-order chi connectivity index (χ0) is 18.8. The van der Waals surface area contributed by atoms with Gasteiger partial charge in [-0.1, -0.05) is 20.8 Å². The summed E-state index contributed by atoms with van der Waals surface area (Å²) in [6, 6.07) is 1.51. The van der Waals surface area contributed by atoms with Gasteiger partial charge in [0.05, 0.1) is 6.61 Å². The molecule has 7 nitrogen and oxygen atoms in total. The van der Waals surface area contributed by atoms with Crippen LogP contribution < -0.4 is 14.2 Å². The lowest BCUT2D eigenvalue weighted by atomic mass is 10.0. The van der Waals surface area contributed by atoms with Crippen LogP contribution in [0.25, 0.3) is 0 Å². The first-order valence-electron chi connectivity index (χ1n) is 8.03. The zero-order valence-corrected chi connectivity index (χ0v) is 16.6. The van der Waals surface area contributed by atoms with Crippen LogP contribution in [-0.4, -0.2) is 40.1 Å². The molecule has 25 heavy (non-hydrogen) atoms. The van der Waals surface area contributed by atoms with Crippen LogP contribution in [-0.2, 0) is 15.8 Å². The molecule has 0 atom stereocenters. The van der Waals surface area contributed by atoms with E-state index in [1.54, 1.807) is 0 Å². The van der Waals surface area contributed by atoms with E-state index in [4.69, 9.17) is 23.4 Å². The molecule has 0 radical (unpaired) electrons. The Morgan fingerprint density at radius 1 is 1.32 bits per heavy atom. The van der Waals surface area contributed by atoms with Gasteiger partial charge in [0, 0.05) is 18.7 Å². The van der Waals surface area contributed by atoms with E-state index >= 15 is 0 Å². The topological polar surface area (TPSA) is 83.5 Å². The number of carboxylic acids is 1. The van der Waals surface area contributed by atoms with E-state index in [0.29, 0.717) is 17.1 Å². The third-order valence-corrected chi connectivity index (χ3v) is 9.13. The molecule has 0 amide bonds. The summed E-state index contributed by atoms with van der Waals surface area (Å²) in [5.74, 6) is -0.0866. The lowest BCUT2D eigenvalue weighted by Gasteiger charge is -2.36. The van der Waals surface area contributed by atoms with Crippen molar-refractivity contribution < 1.29 is 33.3 Å². The summed E-state index contributed by atoms with van der Waals surface area (Å²) >= 11 is 0. The summed E-state index contributed by atoms with van der Waals surface area (Å²) in [7, 11) is -0.608. The average Bonchev–Trinajstić information content (AvgIpc) is 2.96. The van der Waals surface area contributed by atoms with Gasteiger partial charge < -0.3 is 28.5 Å². The summed E-state index contributed by atoms with van der Waals surface area (Å²) in [4.78, 5) is 11.9. The Bertz CT molecular complexity index is 649. The van der Waals surface area contributed by atoms with Gasteiger partial charge in [0.25, 0.3) is 0 Å². The number of carboxylic acid groups (broad SMARTS) is 1. The van der Waals surface area contributed by atoms with Crippen molar-refractivity contribution in [1.29, 1.82) is 0 Å². The van der Waals surface area contributed by atoms with Crippen LogP contribution in [0.5, 0.6) is 17.2 Å². The van der Waals surface area contributed by atoms with Crippen LogP contribution in [0.3, 0.4) is 0 Å². The molecule has 1 aliphatic rings. The Balaban J connectivity index is 2.44. The maximum Gasteiger partial charge on any atom is 0.340 e. The minimum atomic E-state index is -2.08. The second-order valence-electron chi connectivity index (χ2n) is 7.37. The highest BCUT2D eigenvalue weighted by atomic mass is 28.4. The lowest BCUT2D eigenvalue weighted by Crippen LogP contribution is -2.40. The fourth-order valence-corrected chi connectivity index (χ4v) is 3.10. The van der Waals surface area contributed by atoms with Crippen LogP contribution >= 0.6 is 0 Å². The van der Waals surface area contributed by atoms with Crippen molar-refractivity contribution in [3.63, 3.8) is 0 Å². The van der Waals surface area contributed by atoms with Crippen LogP contribution in [0.1, 0.15) is 36.7 Å². The number of benzene rings is 1. The van der Waals surface area contributed by atoms with Crippen molar-refractivity contribution in [3.8, 4) is 17.2 Å². The third-order valence-electron chi connectivity index (χ3n) is 4.66. The number of hydrogen-bond donors (Lipinski definition) is 1. The molecule has 2 rings (SSSR count). The van der Waals surface area contributed by atoms with Crippen LogP contribution in [0.2, 0.25) is 18.1 Å². The van der Waals surface area contributed by atoms with E-state index in [2.05, 4.69) is 33.9 Å². The number of hydrogen-bond acceptors (Lipinski definition) is 6. The molecule has 1 heterocycles. The van der Waals surface area contributed by atoms with Crippen molar-refractivity contribution >= 4 is 14.3 Å². The normalized spacial score (nSPS) is 13.8. The van der Waals surface area contributed by atoms with Crippen molar-refractivity contribution in [2.75, 3.05) is 20.7 Å². The standard InChI is InChI=1S/C17H26O7Si/c1-17(2,3)25(5,6)24-8-11-14(16(18)19)12(21-9-20-4)7-13-15(11)23-10-22-13/h7H,8-10H2,1-6H3,(H,18,19). The van der Waals surface area contributed by atoms with E-state index in [-0.39, 0.29) is 36.5 Å². The fraction of sp³-hybridized carbons (Fsp3) is 0.588. The highest BCUT2D eigenvalue weighted by Crippen LogP contribution is 2.44. The predicted molar refractivity (Wildman–Crippen MR) is 94.0 cm³/mol. The quantitative estimate of drug-likeness (QED) is 0.580. The fourth-order valence-electron chi connectivity index (χ4n) is 2.16. The number of methoxy groups -OCH3 is 1. The van der Waals surface area contributed by atoms with Gasteiger partial charge in [-0.15, -0.1) is 0 Å². The number of carbonyl (C=O) groups is 1. The van der Waals surface area contributed by atoms with E-state index in [1.807, 2.05) is 0 Å². The number of ether oxygens (including phenoxy) is 4. The Morgan fingerprint density at radius 3 is 2.56 bits per heavy atom. The summed E-state index contributed by atoms with van der Waals surface area (Å²) in [6.07, 6.45) is 0. The lowest BCUT2D eigenvalue weighted by molar-refractivity contribution is 0.0480. The van der Waals surface area contributed by atoms with E-state index in [1.165, 1.54) is 13.2 Å². The molecule has 140 valence electrons. The van der Waals surface area contributed by atoms with E-state index in [9.17, 15) is 9.90 Å². The van der Waals surface area contributed by atoms with Crippen molar-refractivity contribution in [1.82, 2.24) is 0 Å². The van der Waals surface area contributed by atoms with E-state index in [0.717, 1.165) is 0 Å². The molecule has 0 unspecified atom stereocenters. The summed E-state index contributed by atoms with van der Waals surface area (Å²) in [5.41, 5.74) is 0.443. The maximum absolute atomic E-state index is 11.9. The van der Waals surface area contributed by atoms with Crippen molar-refractivity contribution in [2.24, 2.45) is 0 Å². The first-order valence-corrected chi connectivity index (χ1v) is 10.9. The Labute approximate surface area is 148 Å². The molecule has 1 aromatic carbocycles. The number of aromatic carboxylic acids is 1. The third kappa shape index (κ3) is 4.08. The van der Waals surface area contributed by atoms with Gasteiger partial charge in [0.2, 0.25) is 6.79 Å². The minimum Gasteiger partial charge on any atom is -0.478 e. The number of rotatable bonds is 7. The number of fused-ring (bicyclic) bond motifs is 1. The van der Waals surface area contributed by atoms with Crippen LogP contribution in [0.4, 0.5) is 0 Å². The smallest absolute Gasteiger partial charge is 0.340 e. The first kappa shape index (κ1) is 19.6. The first-order chi connectivity index (χ1) is 11.6. The van der Waals surface area contributed by atoms with Gasteiger partial charge >= 0.3 is 5.97 Å². The second-order valence-corrected chi connectivity index (χ2v) is 12.2. The summed E-state index contributed by atoms with van der Waals surface area (Å²) < 4.78 is 27.4. The molecular formula is C17H26O7Si. The Morgan fingerprint density at radius 2 is 2.00 bits per heavy atom. The molecule has 1 aromatic rings.